The van der Waals surface area contributed by atoms with Gasteiger partial charge < -0.3 is 19.9 Å². The van der Waals surface area contributed by atoms with E-state index in [1.807, 2.05) is 42.5 Å². The minimum absolute atomic E-state index is 0.116. The lowest BCUT2D eigenvalue weighted by molar-refractivity contribution is -0.134. The number of carbonyl (C=O) groups excluding carboxylic acids is 2. The number of thioether (sulfide) groups is 1. The summed E-state index contributed by atoms with van der Waals surface area (Å²) in [5.41, 5.74) is 7.54. The van der Waals surface area contributed by atoms with Gasteiger partial charge >= 0.3 is 11.9 Å². The Balaban J connectivity index is 2.50. The largest absolute Gasteiger partial charge is 0.496 e. The molecule has 0 amide bonds. The Labute approximate surface area is 175 Å². The smallest absolute Gasteiger partial charge is 0.308 e. The van der Waals surface area contributed by atoms with Gasteiger partial charge in [0.2, 0.25) is 0 Å². The number of hydrogen-bond donors (Lipinski definition) is 1. The molecule has 7 heteroatoms. The second kappa shape index (κ2) is 11.3. The zero-order valence-corrected chi connectivity index (χ0v) is 17.5. The summed E-state index contributed by atoms with van der Waals surface area (Å²) in [4.78, 5) is 23.0. The first-order valence-electron chi connectivity index (χ1n) is 9.08. The van der Waals surface area contributed by atoms with Gasteiger partial charge in [-0.1, -0.05) is 42.5 Å². The summed E-state index contributed by atoms with van der Waals surface area (Å²) >= 11 is 1.63. The van der Waals surface area contributed by atoms with Crippen LogP contribution in [0.25, 0.3) is 6.08 Å². The van der Waals surface area contributed by atoms with Crippen molar-refractivity contribution in [1.82, 2.24) is 0 Å². The highest BCUT2D eigenvalue weighted by molar-refractivity contribution is 7.99. The summed E-state index contributed by atoms with van der Waals surface area (Å²) in [5.74, 6) is 0.496. The summed E-state index contributed by atoms with van der Waals surface area (Å²) in [6.45, 7) is 3.09. The number of nitrogens with two attached hydrogens (primary N) is 1. The molecule has 2 aromatic carbocycles. The molecule has 29 heavy (non-hydrogen) atoms. The molecular formula is C22H25NO5S. The van der Waals surface area contributed by atoms with Crippen LogP contribution in [-0.4, -0.2) is 31.3 Å². The van der Waals surface area contributed by atoms with Crippen molar-refractivity contribution in [2.75, 3.05) is 19.4 Å². The molecule has 6 nitrogen and oxygen atoms in total. The highest BCUT2D eigenvalue weighted by Gasteiger charge is 2.21. The molecule has 2 N–H and O–H groups in total. The molecule has 0 saturated heterocycles. The third kappa shape index (κ3) is 6.96. The average Bonchev–Trinajstić information content (AvgIpc) is 2.69. The molecule has 0 aliphatic carbocycles. The molecule has 0 fully saturated rings. The van der Waals surface area contributed by atoms with E-state index in [4.69, 9.17) is 19.9 Å². The SMILES string of the molecule is COc1cc(OC(C)=O)c(OC(C)=O)cc1C(/C=C/c1ccccc1)SCCN. The van der Waals surface area contributed by atoms with E-state index in [9.17, 15) is 9.59 Å². The summed E-state index contributed by atoms with van der Waals surface area (Å²) < 4.78 is 16.0. The number of ether oxygens (including phenoxy) is 3. The molecule has 0 aromatic heterocycles. The zero-order chi connectivity index (χ0) is 21.2. The lowest BCUT2D eigenvalue weighted by Gasteiger charge is -2.19. The Hall–Kier alpha value is -2.77. The molecule has 1 atom stereocenters. The topological polar surface area (TPSA) is 87.9 Å². The van der Waals surface area contributed by atoms with E-state index in [2.05, 4.69) is 0 Å². The average molecular weight is 416 g/mol. The van der Waals surface area contributed by atoms with E-state index < -0.39 is 11.9 Å². The fourth-order valence-corrected chi connectivity index (χ4v) is 3.58. The maximum absolute atomic E-state index is 11.5. The molecule has 2 rings (SSSR count). The van der Waals surface area contributed by atoms with Gasteiger partial charge in [-0.3, -0.25) is 9.59 Å². The number of rotatable bonds is 9. The van der Waals surface area contributed by atoms with Crippen molar-refractivity contribution in [3.8, 4) is 17.2 Å². The Morgan fingerprint density at radius 1 is 1.03 bits per heavy atom. The van der Waals surface area contributed by atoms with Gasteiger partial charge in [0.1, 0.15) is 5.75 Å². The van der Waals surface area contributed by atoms with Gasteiger partial charge in [-0.05, 0) is 11.6 Å². The van der Waals surface area contributed by atoms with Crippen LogP contribution in [0.15, 0.2) is 48.5 Å². The molecule has 2 aromatic rings. The molecule has 0 heterocycles. The minimum atomic E-state index is -0.522. The predicted molar refractivity (Wildman–Crippen MR) is 115 cm³/mol. The minimum Gasteiger partial charge on any atom is -0.496 e. The molecule has 0 aliphatic heterocycles. The Bertz CT molecular complexity index is 867. The van der Waals surface area contributed by atoms with Crippen molar-refractivity contribution in [1.29, 1.82) is 0 Å². The van der Waals surface area contributed by atoms with E-state index in [0.717, 1.165) is 16.9 Å². The molecule has 0 radical (unpaired) electrons. The molecular weight excluding hydrogens is 390 g/mol. The van der Waals surface area contributed by atoms with Crippen LogP contribution in [0.3, 0.4) is 0 Å². The van der Waals surface area contributed by atoms with E-state index >= 15 is 0 Å². The molecule has 0 spiro atoms. The van der Waals surface area contributed by atoms with Crippen molar-refractivity contribution < 1.29 is 23.8 Å². The van der Waals surface area contributed by atoms with Crippen molar-refractivity contribution in [2.45, 2.75) is 19.1 Å². The standard InChI is InChI=1S/C22H25NO5S/c1-15(24)27-20-13-18(19(26-3)14-21(20)28-16(2)25)22(29-12-11-23)10-9-17-7-5-4-6-8-17/h4-10,13-14,22H,11-12,23H2,1-3H3/b10-9+. The number of hydrogen-bond acceptors (Lipinski definition) is 7. The van der Waals surface area contributed by atoms with Gasteiger partial charge in [0.25, 0.3) is 0 Å². The van der Waals surface area contributed by atoms with Crippen LogP contribution in [0.1, 0.15) is 30.2 Å². The maximum atomic E-state index is 11.5. The van der Waals surface area contributed by atoms with E-state index in [1.54, 1.807) is 23.9 Å². The fraction of sp³-hybridized carbons (Fsp3) is 0.273. The van der Waals surface area contributed by atoms with Crippen LogP contribution in [0.2, 0.25) is 0 Å². The van der Waals surface area contributed by atoms with Crippen LogP contribution >= 0.6 is 11.8 Å². The Kier molecular flexibility index (Phi) is 8.76. The summed E-state index contributed by atoms with van der Waals surface area (Å²) in [5, 5.41) is -0.116. The third-order valence-electron chi connectivity index (χ3n) is 3.79. The zero-order valence-electron chi connectivity index (χ0n) is 16.7. The normalized spacial score (nSPS) is 11.9. The van der Waals surface area contributed by atoms with Gasteiger partial charge in [0, 0.05) is 37.8 Å². The van der Waals surface area contributed by atoms with Gasteiger partial charge in [-0.15, -0.1) is 11.8 Å². The Morgan fingerprint density at radius 2 is 1.66 bits per heavy atom. The highest BCUT2D eigenvalue weighted by Crippen LogP contribution is 2.43. The van der Waals surface area contributed by atoms with Crippen LogP contribution in [0.5, 0.6) is 17.2 Å². The quantitative estimate of drug-likeness (QED) is 0.489. The van der Waals surface area contributed by atoms with Crippen LogP contribution < -0.4 is 19.9 Å². The summed E-state index contributed by atoms with van der Waals surface area (Å²) in [6.07, 6.45) is 4.05. The number of esters is 2. The summed E-state index contributed by atoms with van der Waals surface area (Å²) in [7, 11) is 1.54. The van der Waals surface area contributed by atoms with Crippen molar-refractivity contribution in [3.05, 3.63) is 59.7 Å². The molecule has 0 aliphatic rings. The van der Waals surface area contributed by atoms with E-state index in [-0.39, 0.29) is 16.7 Å². The van der Waals surface area contributed by atoms with Gasteiger partial charge in [0.15, 0.2) is 11.5 Å². The monoisotopic (exact) mass is 415 g/mol. The van der Waals surface area contributed by atoms with E-state index in [1.165, 1.54) is 21.0 Å². The van der Waals surface area contributed by atoms with Crippen molar-refractivity contribution in [3.63, 3.8) is 0 Å². The molecule has 154 valence electrons. The number of benzene rings is 2. The lowest BCUT2D eigenvalue weighted by atomic mass is 10.1. The second-order valence-electron chi connectivity index (χ2n) is 6.08. The van der Waals surface area contributed by atoms with Crippen LogP contribution in [0, 0.1) is 0 Å². The third-order valence-corrected chi connectivity index (χ3v) is 5.03. The Morgan fingerprint density at radius 3 is 2.21 bits per heavy atom. The first kappa shape index (κ1) is 22.5. The lowest BCUT2D eigenvalue weighted by Crippen LogP contribution is -2.09. The first-order valence-corrected chi connectivity index (χ1v) is 10.1. The van der Waals surface area contributed by atoms with Crippen LogP contribution in [-0.2, 0) is 9.59 Å². The molecule has 0 bridgehead atoms. The first-order chi connectivity index (χ1) is 13.9. The van der Waals surface area contributed by atoms with Gasteiger partial charge in [-0.2, -0.15) is 0 Å². The number of methoxy groups -OCH3 is 1. The maximum Gasteiger partial charge on any atom is 0.308 e. The van der Waals surface area contributed by atoms with E-state index in [0.29, 0.717) is 12.3 Å². The molecule has 0 saturated carbocycles. The fourth-order valence-electron chi connectivity index (χ4n) is 2.63. The van der Waals surface area contributed by atoms with Crippen molar-refractivity contribution >= 4 is 29.8 Å². The second-order valence-corrected chi connectivity index (χ2v) is 7.33. The van der Waals surface area contributed by atoms with Gasteiger partial charge in [-0.25, -0.2) is 0 Å². The van der Waals surface area contributed by atoms with Crippen molar-refractivity contribution in [2.24, 2.45) is 5.73 Å². The van der Waals surface area contributed by atoms with Gasteiger partial charge in [0.05, 0.1) is 12.4 Å². The summed E-state index contributed by atoms with van der Waals surface area (Å²) in [6, 6.07) is 13.1. The predicted octanol–water partition coefficient (Wildman–Crippen LogP) is 3.99. The highest BCUT2D eigenvalue weighted by atomic mass is 32.2. The van der Waals surface area contributed by atoms with Crippen LogP contribution in [0.4, 0.5) is 0 Å². The molecule has 1 unspecified atom stereocenters. The number of carbonyl (C=O) groups is 2.